The van der Waals surface area contributed by atoms with Crippen molar-refractivity contribution >= 4 is 21.6 Å². The molecule has 1 aromatic carbocycles. The Balaban J connectivity index is 2.50. The number of hydrogen-bond acceptors (Lipinski definition) is 3. The number of rotatable bonds is 1. The quantitative estimate of drug-likeness (QED) is 0.618. The Morgan fingerprint density at radius 2 is 2.21 bits per heavy atom. The molecule has 74 valence electrons. The van der Waals surface area contributed by atoms with Gasteiger partial charge in [0.05, 0.1) is 9.40 Å². The summed E-state index contributed by atoms with van der Waals surface area (Å²) in [6.07, 6.45) is 0.865. The molecule has 1 heterocycles. The maximum absolute atomic E-state index is 10.7. The summed E-state index contributed by atoms with van der Waals surface area (Å²) >= 11 is 3.21. The Bertz CT molecular complexity index is 393. The van der Waals surface area contributed by atoms with Gasteiger partial charge >= 0.3 is 0 Å². The highest BCUT2D eigenvalue weighted by molar-refractivity contribution is 9.10. The monoisotopic (exact) mass is 256 g/mol. The predicted octanol–water partition coefficient (Wildman–Crippen LogP) is 2.00. The fourth-order valence-electron chi connectivity index (χ4n) is 1.63. The molecule has 14 heavy (non-hydrogen) atoms. The maximum atomic E-state index is 10.7. The molecule has 0 spiro atoms. The van der Waals surface area contributed by atoms with Crippen molar-refractivity contribution in [3.63, 3.8) is 0 Å². The molecular formula is C9H9BrN2O2. The van der Waals surface area contributed by atoms with Crippen molar-refractivity contribution in [1.82, 2.24) is 5.32 Å². The standard InChI is InChI=1S/C9H9BrN2O2/c10-8-3-7-5-11-2-1-6(7)4-9(8)12(13)14/h3-4,11H,1-2,5H2. The van der Waals surface area contributed by atoms with Gasteiger partial charge in [0.15, 0.2) is 0 Å². The lowest BCUT2D eigenvalue weighted by molar-refractivity contribution is -0.385. The number of nitro groups is 1. The minimum Gasteiger partial charge on any atom is -0.312 e. The fraction of sp³-hybridized carbons (Fsp3) is 0.333. The summed E-state index contributed by atoms with van der Waals surface area (Å²) < 4.78 is 0.560. The van der Waals surface area contributed by atoms with Crippen molar-refractivity contribution in [1.29, 1.82) is 0 Å². The molecule has 0 saturated heterocycles. The van der Waals surface area contributed by atoms with E-state index in [2.05, 4.69) is 21.2 Å². The van der Waals surface area contributed by atoms with Gasteiger partial charge in [-0.2, -0.15) is 0 Å². The first-order valence-electron chi connectivity index (χ1n) is 4.35. The lowest BCUT2D eigenvalue weighted by Gasteiger charge is -2.16. The Morgan fingerprint density at radius 1 is 1.43 bits per heavy atom. The molecule has 0 aromatic heterocycles. The summed E-state index contributed by atoms with van der Waals surface area (Å²) in [5.74, 6) is 0. The summed E-state index contributed by atoms with van der Waals surface area (Å²) in [5.41, 5.74) is 2.39. The van der Waals surface area contributed by atoms with Crippen LogP contribution in [0.2, 0.25) is 0 Å². The smallest absolute Gasteiger partial charge is 0.283 e. The summed E-state index contributed by atoms with van der Waals surface area (Å²) in [6.45, 7) is 1.69. The zero-order valence-corrected chi connectivity index (χ0v) is 9.00. The highest BCUT2D eigenvalue weighted by Gasteiger charge is 2.17. The molecule has 1 aliphatic rings. The largest absolute Gasteiger partial charge is 0.312 e. The van der Waals surface area contributed by atoms with Gasteiger partial charge in [-0.3, -0.25) is 10.1 Å². The number of nitrogens with zero attached hydrogens (tertiary/aromatic N) is 1. The van der Waals surface area contributed by atoms with Crippen LogP contribution in [0.5, 0.6) is 0 Å². The molecule has 0 unspecified atom stereocenters. The first kappa shape index (κ1) is 9.61. The van der Waals surface area contributed by atoms with Gasteiger partial charge in [0.1, 0.15) is 0 Å². The topological polar surface area (TPSA) is 55.2 Å². The second-order valence-electron chi connectivity index (χ2n) is 3.26. The molecule has 0 bridgehead atoms. The normalized spacial score (nSPS) is 14.9. The zero-order valence-electron chi connectivity index (χ0n) is 7.42. The summed E-state index contributed by atoms with van der Waals surface area (Å²) in [6, 6.07) is 3.50. The molecule has 1 N–H and O–H groups in total. The number of hydrogen-bond donors (Lipinski definition) is 1. The second kappa shape index (κ2) is 3.67. The number of fused-ring (bicyclic) bond motifs is 1. The molecular weight excluding hydrogens is 248 g/mol. The van der Waals surface area contributed by atoms with Gasteiger partial charge in [-0.05, 0) is 46.1 Å². The molecule has 0 aliphatic carbocycles. The molecule has 0 atom stereocenters. The van der Waals surface area contributed by atoms with E-state index in [0.717, 1.165) is 30.6 Å². The van der Waals surface area contributed by atoms with E-state index in [0.29, 0.717) is 4.47 Å². The van der Waals surface area contributed by atoms with Crippen molar-refractivity contribution in [2.75, 3.05) is 6.54 Å². The van der Waals surface area contributed by atoms with Crippen molar-refractivity contribution < 1.29 is 4.92 Å². The number of nitro benzene ring substituents is 1. The molecule has 4 nitrogen and oxygen atoms in total. The number of nitrogens with one attached hydrogen (secondary N) is 1. The van der Waals surface area contributed by atoms with Crippen LogP contribution in [-0.2, 0) is 13.0 Å². The Kier molecular flexibility index (Phi) is 2.52. The first-order chi connectivity index (χ1) is 6.68. The van der Waals surface area contributed by atoms with E-state index >= 15 is 0 Å². The van der Waals surface area contributed by atoms with Crippen LogP contribution < -0.4 is 5.32 Å². The zero-order chi connectivity index (χ0) is 10.1. The van der Waals surface area contributed by atoms with Gasteiger partial charge in [-0.1, -0.05) is 0 Å². The minimum absolute atomic E-state index is 0.158. The van der Waals surface area contributed by atoms with Crippen LogP contribution in [0.3, 0.4) is 0 Å². The fourth-order valence-corrected chi connectivity index (χ4v) is 2.17. The van der Waals surface area contributed by atoms with Crippen molar-refractivity contribution in [3.8, 4) is 0 Å². The van der Waals surface area contributed by atoms with E-state index in [-0.39, 0.29) is 10.6 Å². The van der Waals surface area contributed by atoms with Gasteiger partial charge < -0.3 is 5.32 Å². The van der Waals surface area contributed by atoms with E-state index in [9.17, 15) is 10.1 Å². The van der Waals surface area contributed by atoms with Crippen LogP contribution in [-0.4, -0.2) is 11.5 Å². The van der Waals surface area contributed by atoms with E-state index in [1.165, 1.54) is 0 Å². The van der Waals surface area contributed by atoms with Gasteiger partial charge in [0.2, 0.25) is 0 Å². The van der Waals surface area contributed by atoms with E-state index in [1.807, 2.05) is 6.07 Å². The Labute approximate surface area is 89.6 Å². The molecule has 0 radical (unpaired) electrons. The number of benzene rings is 1. The third kappa shape index (κ3) is 1.65. The molecule has 1 aromatic rings. The van der Waals surface area contributed by atoms with Crippen molar-refractivity contribution in [3.05, 3.63) is 37.8 Å². The summed E-state index contributed by atoms with van der Waals surface area (Å²) in [4.78, 5) is 10.3. The molecule has 0 saturated carbocycles. The molecule has 2 rings (SSSR count). The number of halogens is 1. The van der Waals surface area contributed by atoms with Gasteiger partial charge in [-0.15, -0.1) is 0 Å². The highest BCUT2D eigenvalue weighted by atomic mass is 79.9. The maximum Gasteiger partial charge on any atom is 0.283 e. The van der Waals surface area contributed by atoms with Crippen molar-refractivity contribution in [2.45, 2.75) is 13.0 Å². The van der Waals surface area contributed by atoms with E-state index in [4.69, 9.17) is 0 Å². The minimum atomic E-state index is -0.355. The van der Waals surface area contributed by atoms with Gasteiger partial charge in [-0.25, -0.2) is 0 Å². The van der Waals surface area contributed by atoms with Gasteiger partial charge in [0.25, 0.3) is 5.69 Å². The molecule has 0 fully saturated rings. The van der Waals surface area contributed by atoms with Crippen LogP contribution in [0, 0.1) is 10.1 Å². The molecule has 0 amide bonds. The van der Waals surface area contributed by atoms with Crippen LogP contribution >= 0.6 is 15.9 Å². The SMILES string of the molecule is O=[N+]([O-])c1cc2c(cc1Br)CNCC2. The van der Waals surface area contributed by atoms with Crippen LogP contribution in [0.1, 0.15) is 11.1 Å². The summed E-state index contributed by atoms with van der Waals surface area (Å²) in [5, 5.41) is 13.9. The van der Waals surface area contributed by atoms with E-state index in [1.54, 1.807) is 6.07 Å². The lowest BCUT2D eigenvalue weighted by atomic mass is 10.0. The van der Waals surface area contributed by atoms with Crippen molar-refractivity contribution in [2.24, 2.45) is 0 Å². The average Bonchev–Trinajstić information content (AvgIpc) is 2.16. The van der Waals surface area contributed by atoms with Crippen LogP contribution in [0.25, 0.3) is 0 Å². The van der Waals surface area contributed by atoms with Crippen LogP contribution in [0.15, 0.2) is 16.6 Å². The Hall–Kier alpha value is -0.940. The first-order valence-corrected chi connectivity index (χ1v) is 5.14. The van der Waals surface area contributed by atoms with Gasteiger partial charge in [0, 0.05) is 12.6 Å². The average molecular weight is 257 g/mol. The lowest BCUT2D eigenvalue weighted by Crippen LogP contribution is -2.23. The third-order valence-electron chi connectivity index (χ3n) is 2.35. The third-order valence-corrected chi connectivity index (χ3v) is 2.99. The van der Waals surface area contributed by atoms with E-state index < -0.39 is 0 Å². The second-order valence-corrected chi connectivity index (χ2v) is 4.11. The highest BCUT2D eigenvalue weighted by Crippen LogP contribution is 2.29. The Morgan fingerprint density at radius 3 is 2.93 bits per heavy atom. The predicted molar refractivity (Wildman–Crippen MR) is 56.2 cm³/mol. The molecule has 5 heteroatoms. The molecule has 1 aliphatic heterocycles. The summed E-state index contributed by atoms with van der Waals surface area (Å²) in [7, 11) is 0. The van der Waals surface area contributed by atoms with Crippen LogP contribution in [0.4, 0.5) is 5.69 Å².